The molecule has 1 N–H and O–H groups in total. The minimum Gasteiger partial charge on any atom is -0.462 e. The van der Waals surface area contributed by atoms with Crippen LogP contribution in [0.3, 0.4) is 0 Å². The Kier molecular flexibility index (Phi) is 34.4. The average molecular weight is 669 g/mol. The monoisotopic (exact) mass is 669 g/mol. The molecule has 278 valence electrons. The number of hydrogen-bond donors (Lipinski definition) is 1. The van der Waals surface area contributed by atoms with E-state index < -0.39 is 18.0 Å². The van der Waals surface area contributed by atoms with Crippen LogP contribution in [0.25, 0.3) is 0 Å². The van der Waals surface area contributed by atoms with Crippen LogP contribution in [0.5, 0.6) is 0 Å². The summed E-state index contributed by atoms with van der Waals surface area (Å²) >= 11 is 0. The summed E-state index contributed by atoms with van der Waals surface area (Å²) in [6.07, 6.45) is 32.4. The Bertz CT molecular complexity index is 665. The summed E-state index contributed by atoms with van der Waals surface area (Å²) in [5.74, 6) is -1.64. The van der Waals surface area contributed by atoms with Crippen LogP contribution < -0.4 is 0 Å². The fraction of sp³-hybridized carbons (Fsp3) is 0.925. The van der Waals surface area contributed by atoms with Crippen molar-refractivity contribution in [1.82, 2.24) is 0 Å². The van der Waals surface area contributed by atoms with Crippen molar-refractivity contribution in [1.29, 1.82) is 0 Å². The molecule has 0 amide bonds. The first-order valence-corrected chi connectivity index (χ1v) is 20.1. The lowest BCUT2D eigenvalue weighted by Gasteiger charge is -2.20. The number of hydrogen-bond acceptors (Lipinski definition) is 7. The molecule has 0 spiro atoms. The third-order valence-electron chi connectivity index (χ3n) is 9.08. The van der Waals surface area contributed by atoms with Crippen molar-refractivity contribution in [2.24, 2.45) is 5.92 Å². The lowest BCUT2D eigenvalue weighted by Crippen LogP contribution is -2.32. The molecule has 0 aliphatic rings. The summed E-state index contributed by atoms with van der Waals surface area (Å²) in [4.78, 5) is 37.1. The molecule has 0 saturated heterocycles. The molecule has 0 aliphatic heterocycles. The minimum absolute atomic E-state index is 0.122. The van der Waals surface area contributed by atoms with Crippen molar-refractivity contribution in [3.8, 4) is 0 Å². The first kappa shape index (κ1) is 45.4. The second kappa shape index (κ2) is 35.7. The fourth-order valence-corrected chi connectivity index (χ4v) is 5.80. The van der Waals surface area contributed by atoms with Gasteiger partial charge in [0.05, 0.1) is 5.92 Å². The molecule has 0 aromatic heterocycles. The number of unbranched alkanes of at least 4 members (excludes halogenated alkanes) is 24. The number of aliphatic hydroxyl groups excluding tert-OH is 1. The molecule has 47 heavy (non-hydrogen) atoms. The van der Waals surface area contributed by atoms with Gasteiger partial charge in [-0.25, -0.2) is 0 Å². The van der Waals surface area contributed by atoms with Gasteiger partial charge in [-0.15, -0.1) is 0 Å². The molecule has 1 atom stereocenters. The third kappa shape index (κ3) is 32.7. The molecule has 0 aliphatic carbocycles. The molecular formula is C40H76O7. The second-order valence-corrected chi connectivity index (χ2v) is 13.8. The molecule has 7 nitrogen and oxygen atoms in total. The van der Waals surface area contributed by atoms with Crippen molar-refractivity contribution in [2.45, 2.75) is 213 Å². The number of carbonyl (C=O) groups is 3. The van der Waals surface area contributed by atoms with Gasteiger partial charge in [0, 0.05) is 19.4 Å². The Hall–Kier alpha value is -1.63. The fourth-order valence-electron chi connectivity index (χ4n) is 5.80. The van der Waals surface area contributed by atoms with E-state index in [1.54, 1.807) is 6.92 Å². The predicted molar refractivity (Wildman–Crippen MR) is 193 cm³/mol. The van der Waals surface area contributed by atoms with E-state index in [1.165, 1.54) is 128 Å². The molecule has 0 aromatic carbocycles. The molecule has 0 heterocycles. The summed E-state index contributed by atoms with van der Waals surface area (Å²) in [7, 11) is 0. The summed E-state index contributed by atoms with van der Waals surface area (Å²) < 4.78 is 16.3. The van der Waals surface area contributed by atoms with Crippen LogP contribution in [-0.2, 0) is 28.6 Å². The van der Waals surface area contributed by atoms with Crippen LogP contribution in [-0.4, -0.2) is 48.9 Å². The van der Waals surface area contributed by atoms with Crippen LogP contribution in [0.15, 0.2) is 0 Å². The van der Waals surface area contributed by atoms with Crippen molar-refractivity contribution < 1.29 is 33.7 Å². The van der Waals surface area contributed by atoms with Crippen molar-refractivity contribution >= 4 is 17.9 Å². The quantitative estimate of drug-likeness (QED) is 0.0403. The molecule has 0 rings (SSSR count). The maximum Gasteiger partial charge on any atom is 0.309 e. The highest BCUT2D eigenvalue weighted by molar-refractivity contribution is 5.72. The Morgan fingerprint density at radius 3 is 1.09 bits per heavy atom. The topological polar surface area (TPSA) is 99.1 Å². The summed E-state index contributed by atoms with van der Waals surface area (Å²) in [5.41, 5.74) is 0. The Labute approximate surface area is 290 Å². The number of carbonyl (C=O) groups excluding carboxylic acids is 3. The van der Waals surface area contributed by atoms with Crippen molar-refractivity contribution in [3.63, 3.8) is 0 Å². The van der Waals surface area contributed by atoms with Crippen LogP contribution >= 0.6 is 0 Å². The molecule has 0 bridgehead atoms. The highest BCUT2D eigenvalue weighted by atomic mass is 16.6. The molecular weight excluding hydrogens is 592 g/mol. The Morgan fingerprint density at radius 2 is 0.787 bits per heavy atom. The zero-order chi connectivity index (χ0) is 34.6. The molecule has 0 radical (unpaired) electrons. The van der Waals surface area contributed by atoms with E-state index in [0.717, 1.165) is 38.5 Å². The van der Waals surface area contributed by atoms with Gasteiger partial charge in [-0.2, -0.15) is 0 Å². The lowest BCUT2D eigenvalue weighted by molar-refractivity contribution is -0.169. The average Bonchev–Trinajstić information content (AvgIpc) is 3.06. The van der Waals surface area contributed by atoms with E-state index in [0.29, 0.717) is 12.8 Å². The highest BCUT2D eigenvalue weighted by Gasteiger charge is 2.22. The van der Waals surface area contributed by atoms with Gasteiger partial charge in [0.2, 0.25) is 0 Å². The second-order valence-electron chi connectivity index (χ2n) is 13.8. The molecule has 0 saturated carbocycles. The first-order chi connectivity index (χ1) is 22.9. The maximum absolute atomic E-state index is 12.4. The normalized spacial score (nSPS) is 11.9. The van der Waals surface area contributed by atoms with Gasteiger partial charge in [0.25, 0.3) is 0 Å². The molecule has 7 heteroatoms. The predicted octanol–water partition coefficient (Wildman–Crippen LogP) is 11.0. The van der Waals surface area contributed by atoms with Gasteiger partial charge in [-0.05, 0) is 19.3 Å². The smallest absolute Gasteiger partial charge is 0.309 e. The number of ether oxygens (including phenoxy) is 3. The third-order valence-corrected chi connectivity index (χ3v) is 9.08. The number of esters is 3. The van der Waals surface area contributed by atoms with E-state index in [4.69, 9.17) is 19.3 Å². The van der Waals surface area contributed by atoms with E-state index in [2.05, 4.69) is 13.8 Å². The van der Waals surface area contributed by atoms with Crippen LogP contribution in [0.1, 0.15) is 207 Å². The van der Waals surface area contributed by atoms with Crippen LogP contribution in [0.4, 0.5) is 0 Å². The van der Waals surface area contributed by atoms with Crippen LogP contribution in [0.2, 0.25) is 0 Å². The zero-order valence-electron chi connectivity index (χ0n) is 31.2. The maximum atomic E-state index is 12.4. The molecule has 0 aromatic rings. The summed E-state index contributed by atoms with van der Waals surface area (Å²) in [6, 6.07) is 0. The van der Waals surface area contributed by atoms with Gasteiger partial charge >= 0.3 is 17.9 Å². The Morgan fingerprint density at radius 1 is 0.489 bits per heavy atom. The zero-order valence-corrected chi connectivity index (χ0v) is 31.2. The summed E-state index contributed by atoms with van der Waals surface area (Å²) in [6.45, 7) is 5.79. The van der Waals surface area contributed by atoms with Gasteiger partial charge in [0.15, 0.2) is 6.10 Å². The first-order valence-electron chi connectivity index (χ1n) is 20.1. The number of rotatable bonds is 36. The van der Waals surface area contributed by atoms with E-state index in [-0.39, 0.29) is 38.2 Å². The summed E-state index contributed by atoms with van der Waals surface area (Å²) in [5, 5.41) is 9.16. The van der Waals surface area contributed by atoms with Crippen LogP contribution in [0, 0.1) is 5.92 Å². The van der Waals surface area contributed by atoms with Crippen molar-refractivity contribution in [2.75, 3.05) is 19.8 Å². The van der Waals surface area contributed by atoms with E-state index in [1.807, 2.05) is 0 Å². The van der Waals surface area contributed by atoms with E-state index >= 15 is 0 Å². The minimum atomic E-state index is -0.852. The SMILES string of the molecule is CCCCCCCCCCCCCCCC(=O)OCC(COC(=O)CCCCCCCCCCCCCCC)OC(=O)C(C)CCO. The van der Waals surface area contributed by atoms with E-state index in [9.17, 15) is 14.4 Å². The van der Waals surface area contributed by atoms with Gasteiger partial charge in [-0.3, -0.25) is 14.4 Å². The largest absolute Gasteiger partial charge is 0.462 e. The standard InChI is InChI=1S/C40H76O7/c1-4-6-8-10-12-14-16-18-20-22-24-26-28-30-38(42)45-34-37(47-40(44)36(3)32-33-41)35-46-39(43)31-29-27-25-23-21-19-17-15-13-11-9-7-5-2/h36-37,41H,4-35H2,1-3H3. The highest BCUT2D eigenvalue weighted by Crippen LogP contribution is 2.15. The van der Waals surface area contributed by atoms with Gasteiger partial charge in [-0.1, -0.05) is 175 Å². The van der Waals surface area contributed by atoms with Crippen molar-refractivity contribution in [3.05, 3.63) is 0 Å². The van der Waals surface area contributed by atoms with Gasteiger partial charge in [0.1, 0.15) is 13.2 Å². The lowest BCUT2D eigenvalue weighted by atomic mass is 10.0. The number of aliphatic hydroxyl groups is 1. The molecule has 0 fully saturated rings. The Balaban J connectivity index is 4.10. The van der Waals surface area contributed by atoms with Gasteiger partial charge < -0.3 is 19.3 Å². The molecule has 1 unspecified atom stereocenters.